The molecule has 0 saturated heterocycles. The van der Waals surface area contributed by atoms with E-state index in [4.69, 9.17) is 16.3 Å². The van der Waals surface area contributed by atoms with Crippen molar-refractivity contribution < 1.29 is 23.9 Å². The molecule has 0 rings (SSSR count). The molecule has 0 heterocycles. The highest BCUT2D eigenvalue weighted by Crippen LogP contribution is 2.38. The first-order chi connectivity index (χ1) is 12.7. The predicted octanol–water partition coefficient (Wildman–Crippen LogP) is 4.63. The van der Waals surface area contributed by atoms with Crippen LogP contribution in [0.15, 0.2) is 0 Å². The summed E-state index contributed by atoms with van der Waals surface area (Å²) in [5.41, 5.74) is -1.34. The zero-order valence-corrected chi connectivity index (χ0v) is 20.3. The Balaban J connectivity index is 4.15. The minimum atomic E-state index is -0.796. The zero-order chi connectivity index (χ0) is 22.0. The lowest BCUT2D eigenvalue weighted by molar-refractivity contribution is -0.130. The van der Waals surface area contributed by atoms with E-state index < -0.39 is 17.1 Å². The van der Waals surface area contributed by atoms with Crippen molar-refractivity contribution in [1.29, 1.82) is 0 Å². The monoisotopic (exact) mass is 456 g/mol. The van der Waals surface area contributed by atoms with Crippen LogP contribution in [0.3, 0.4) is 0 Å². The Morgan fingerprint density at radius 3 is 2.11 bits per heavy atom. The summed E-state index contributed by atoms with van der Waals surface area (Å²) < 4.78 is 9.87. The Hall–Kier alpha value is -0.800. The van der Waals surface area contributed by atoms with Gasteiger partial charge in [-0.1, -0.05) is 21.6 Å². The van der Waals surface area contributed by atoms with Crippen LogP contribution in [-0.4, -0.2) is 77.1 Å². The van der Waals surface area contributed by atoms with Gasteiger partial charge in [-0.25, -0.2) is 9.59 Å². The van der Waals surface area contributed by atoms with Gasteiger partial charge >= 0.3 is 11.5 Å². The van der Waals surface area contributed by atoms with Gasteiger partial charge in [0.25, 0.3) is 0 Å². The molecule has 7 nitrogen and oxygen atoms in total. The molecule has 0 fully saturated rings. The van der Waals surface area contributed by atoms with Gasteiger partial charge in [0.15, 0.2) is 0 Å². The van der Waals surface area contributed by atoms with Crippen LogP contribution in [0.25, 0.3) is 0 Å². The molecule has 0 N–H and O–H groups in total. The van der Waals surface area contributed by atoms with Gasteiger partial charge < -0.3 is 19.3 Å². The summed E-state index contributed by atoms with van der Waals surface area (Å²) in [4.78, 5) is 37.9. The number of carbonyl (C=O) groups is 3. The van der Waals surface area contributed by atoms with E-state index in [1.165, 1.54) is 4.90 Å². The topological polar surface area (TPSA) is 76.2 Å². The lowest BCUT2D eigenvalue weighted by Crippen LogP contribution is -2.40. The number of amides is 2. The molecule has 0 aromatic rings. The first-order valence-corrected chi connectivity index (χ1v) is 11.7. The fraction of sp³-hybridized carbons (Fsp3) is 0.833. The number of halogens is 1. The lowest BCUT2D eigenvalue weighted by Gasteiger charge is -2.27. The van der Waals surface area contributed by atoms with E-state index in [9.17, 15) is 14.4 Å². The Bertz CT molecular complexity index is 527. The standard InChI is InChI=1S/C18H33ClN2O5S2/c1-17(2,3)26-16(24)21(7)11-10-20(6)14(22)8-9-18(4,5)28-27-13-12-25-15(19)23/h8-13H2,1-7H3. The molecule has 164 valence electrons. The number of rotatable bonds is 11. The molecule has 0 aromatic carbocycles. The van der Waals surface area contributed by atoms with Crippen LogP contribution in [0.4, 0.5) is 9.59 Å². The van der Waals surface area contributed by atoms with Crippen molar-refractivity contribution in [2.75, 3.05) is 39.5 Å². The molecule has 2 amide bonds. The van der Waals surface area contributed by atoms with Crippen molar-refractivity contribution >= 4 is 50.6 Å². The van der Waals surface area contributed by atoms with Crippen molar-refractivity contribution in [2.24, 2.45) is 0 Å². The number of likely N-dealkylation sites (N-methyl/N-ethyl adjacent to an activating group) is 2. The maximum absolute atomic E-state index is 12.4. The van der Waals surface area contributed by atoms with Gasteiger partial charge in [-0.05, 0) is 41.0 Å². The maximum Gasteiger partial charge on any atom is 0.410 e. The summed E-state index contributed by atoms with van der Waals surface area (Å²) in [5, 5.41) is 0. The van der Waals surface area contributed by atoms with Crippen LogP contribution in [0.1, 0.15) is 47.5 Å². The van der Waals surface area contributed by atoms with Crippen molar-refractivity contribution in [3.8, 4) is 0 Å². The summed E-state index contributed by atoms with van der Waals surface area (Å²) in [5.74, 6) is 0.671. The van der Waals surface area contributed by atoms with Gasteiger partial charge in [-0.2, -0.15) is 0 Å². The van der Waals surface area contributed by atoms with Crippen molar-refractivity contribution in [3.05, 3.63) is 0 Å². The molecule has 0 saturated carbocycles. The van der Waals surface area contributed by atoms with E-state index in [-0.39, 0.29) is 17.3 Å². The number of hydrogen-bond acceptors (Lipinski definition) is 7. The Labute approximate surface area is 181 Å². The van der Waals surface area contributed by atoms with E-state index in [2.05, 4.69) is 18.6 Å². The fourth-order valence-electron chi connectivity index (χ4n) is 1.85. The highest BCUT2D eigenvalue weighted by molar-refractivity contribution is 8.77. The summed E-state index contributed by atoms with van der Waals surface area (Å²) in [7, 11) is 6.63. The van der Waals surface area contributed by atoms with Gasteiger partial charge in [0, 0.05) is 55.7 Å². The molecule has 28 heavy (non-hydrogen) atoms. The minimum Gasteiger partial charge on any atom is -0.453 e. The largest absolute Gasteiger partial charge is 0.453 e. The first kappa shape index (κ1) is 27.2. The molecule has 0 bridgehead atoms. The third-order valence-corrected chi connectivity index (χ3v) is 6.93. The molecule has 0 atom stereocenters. The second kappa shape index (κ2) is 12.7. The van der Waals surface area contributed by atoms with Crippen LogP contribution in [-0.2, 0) is 14.3 Å². The number of hydrogen-bond donors (Lipinski definition) is 0. The second-order valence-corrected chi connectivity index (χ2v) is 11.4. The van der Waals surface area contributed by atoms with E-state index in [0.29, 0.717) is 31.7 Å². The van der Waals surface area contributed by atoms with Crippen molar-refractivity contribution in [3.63, 3.8) is 0 Å². The summed E-state index contributed by atoms with van der Waals surface area (Å²) >= 11 is 5.10. The van der Waals surface area contributed by atoms with Gasteiger partial charge in [0.1, 0.15) is 12.2 Å². The lowest BCUT2D eigenvalue weighted by atomic mass is 10.1. The average Bonchev–Trinajstić information content (AvgIpc) is 2.54. The summed E-state index contributed by atoms with van der Waals surface area (Å²) in [6, 6.07) is 0. The summed E-state index contributed by atoms with van der Waals surface area (Å²) in [6.45, 7) is 10.7. The molecule has 0 unspecified atom stereocenters. The average molecular weight is 457 g/mol. The van der Waals surface area contributed by atoms with E-state index >= 15 is 0 Å². The van der Waals surface area contributed by atoms with Crippen LogP contribution in [0, 0.1) is 0 Å². The van der Waals surface area contributed by atoms with Crippen molar-refractivity contribution in [1.82, 2.24) is 9.80 Å². The zero-order valence-electron chi connectivity index (χ0n) is 17.9. The second-order valence-electron chi connectivity index (χ2n) is 7.97. The normalized spacial score (nSPS) is 11.7. The number of nitrogens with zero attached hydrogens (tertiary/aromatic N) is 2. The molecule has 0 radical (unpaired) electrons. The molecular weight excluding hydrogens is 424 g/mol. The predicted molar refractivity (Wildman–Crippen MR) is 117 cm³/mol. The molecular formula is C18H33ClN2O5S2. The van der Waals surface area contributed by atoms with Gasteiger partial charge in [0.05, 0.1) is 0 Å². The molecule has 0 aliphatic rings. The van der Waals surface area contributed by atoms with E-state index in [0.717, 1.165) is 0 Å². The molecule has 10 heteroatoms. The van der Waals surface area contributed by atoms with Crippen LogP contribution < -0.4 is 0 Å². The van der Waals surface area contributed by atoms with Crippen LogP contribution in [0.5, 0.6) is 0 Å². The molecule has 0 aliphatic heterocycles. The Kier molecular flexibility index (Phi) is 12.3. The number of ether oxygens (including phenoxy) is 2. The first-order valence-electron chi connectivity index (χ1n) is 9.04. The van der Waals surface area contributed by atoms with E-state index in [1.807, 2.05) is 20.8 Å². The highest BCUT2D eigenvalue weighted by Gasteiger charge is 2.23. The van der Waals surface area contributed by atoms with Gasteiger partial charge in [0.2, 0.25) is 5.91 Å². The highest BCUT2D eigenvalue weighted by atomic mass is 35.5. The Morgan fingerprint density at radius 1 is 1.00 bits per heavy atom. The van der Waals surface area contributed by atoms with E-state index in [1.54, 1.807) is 40.6 Å². The third kappa shape index (κ3) is 14.2. The molecule has 0 spiro atoms. The quantitative estimate of drug-likeness (QED) is 0.255. The minimum absolute atomic E-state index is 0.0346. The summed E-state index contributed by atoms with van der Waals surface area (Å²) in [6.07, 6.45) is 0.734. The van der Waals surface area contributed by atoms with Crippen LogP contribution in [0.2, 0.25) is 0 Å². The van der Waals surface area contributed by atoms with Crippen molar-refractivity contribution in [2.45, 2.75) is 57.8 Å². The SMILES string of the molecule is CN(CCN(C)C(=O)OC(C)(C)C)C(=O)CCC(C)(C)SSCCOC(=O)Cl. The Morgan fingerprint density at radius 2 is 1.57 bits per heavy atom. The maximum atomic E-state index is 12.4. The molecule has 0 aliphatic carbocycles. The fourth-order valence-corrected chi connectivity index (χ4v) is 4.33. The third-order valence-electron chi connectivity index (χ3n) is 3.51. The number of carbonyl (C=O) groups excluding carboxylic acids is 3. The molecule has 0 aromatic heterocycles. The van der Waals surface area contributed by atoms with Gasteiger partial charge in [-0.3, -0.25) is 4.79 Å². The smallest absolute Gasteiger partial charge is 0.410 e. The van der Waals surface area contributed by atoms with Crippen LogP contribution >= 0.6 is 33.2 Å². The van der Waals surface area contributed by atoms with Gasteiger partial charge in [-0.15, -0.1) is 0 Å².